The van der Waals surface area contributed by atoms with Crippen LogP contribution >= 0.6 is 0 Å². The van der Waals surface area contributed by atoms with E-state index >= 15 is 0 Å². The van der Waals surface area contributed by atoms with Crippen molar-refractivity contribution in [1.82, 2.24) is 0 Å². The van der Waals surface area contributed by atoms with Gasteiger partial charge >= 0.3 is 0 Å². The second kappa shape index (κ2) is 4.13. The zero-order valence-corrected chi connectivity index (χ0v) is 9.76. The van der Waals surface area contributed by atoms with Crippen LogP contribution in [0.5, 0.6) is 5.75 Å². The molecule has 2 aromatic rings. The number of nitrogens with zero attached hydrogens (tertiary/aromatic N) is 1. The van der Waals surface area contributed by atoms with Gasteiger partial charge in [-0.05, 0) is 35.4 Å². The summed E-state index contributed by atoms with van der Waals surface area (Å²) in [5, 5.41) is 0. The van der Waals surface area contributed by atoms with Crippen LogP contribution in [0, 0.1) is 6.54 Å². The van der Waals surface area contributed by atoms with Crippen molar-refractivity contribution in [2.45, 2.75) is 6.54 Å². The van der Waals surface area contributed by atoms with Crippen LogP contribution in [0.2, 0.25) is 0 Å². The van der Waals surface area contributed by atoms with Crippen LogP contribution in [0.15, 0.2) is 48.5 Å². The van der Waals surface area contributed by atoms with Crippen molar-refractivity contribution in [3.63, 3.8) is 0 Å². The molecular weight excluding hydrogens is 210 g/mol. The first-order valence-electron chi connectivity index (χ1n) is 5.70. The number of hydrogen-bond acceptors (Lipinski definition) is 2. The van der Waals surface area contributed by atoms with Crippen LogP contribution in [0.3, 0.4) is 0 Å². The van der Waals surface area contributed by atoms with E-state index in [9.17, 15) is 0 Å². The maximum atomic E-state index is 5.16. The van der Waals surface area contributed by atoms with Gasteiger partial charge in [-0.2, -0.15) is 0 Å². The molecule has 2 nitrogen and oxygen atoms in total. The summed E-state index contributed by atoms with van der Waals surface area (Å²) < 4.78 is 5.16. The SMILES string of the molecule is COc1ccc(N2[CH]c3ccccc3C2)cc1. The lowest BCUT2D eigenvalue weighted by atomic mass is 10.1. The molecule has 0 unspecified atom stereocenters. The quantitative estimate of drug-likeness (QED) is 0.776. The molecule has 0 amide bonds. The summed E-state index contributed by atoms with van der Waals surface area (Å²) in [4.78, 5) is 2.25. The minimum atomic E-state index is 0.894. The zero-order chi connectivity index (χ0) is 11.7. The fourth-order valence-electron chi connectivity index (χ4n) is 2.14. The Morgan fingerprint density at radius 3 is 2.47 bits per heavy atom. The highest BCUT2D eigenvalue weighted by atomic mass is 16.5. The molecule has 2 heteroatoms. The Kier molecular flexibility index (Phi) is 2.48. The molecule has 0 atom stereocenters. The lowest BCUT2D eigenvalue weighted by Gasteiger charge is -2.17. The second-order valence-electron chi connectivity index (χ2n) is 4.15. The Balaban J connectivity index is 1.83. The molecule has 3 rings (SSSR count). The van der Waals surface area contributed by atoms with Crippen molar-refractivity contribution < 1.29 is 4.74 Å². The summed E-state index contributed by atoms with van der Waals surface area (Å²) in [7, 11) is 1.69. The second-order valence-corrected chi connectivity index (χ2v) is 4.15. The number of rotatable bonds is 2. The van der Waals surface area contributed by atoms with Gasteiger partial charge in [-0.15, -0.1) is 0 Å². The van der Waals surface area contributed by atoms with E-state index in [4.69, 9.17) is 4.74 Å². The van der Waals surface area contributed by atoms with Crippen molar-refractivity contribution in [2.75, 3.05) is 12.0 Å². The van der Waals surface area contributed by atoms with Gasteiger partial charge < -0.3 is 9.64 Å². The van der Waals surface area contributed by atoms with Crippen LogP contribution in [-0.2, 0) is 6.54 Å². The van der Waals surface area contributed by atoms with Gasteiger partial charge in [-0.1, -0.05) is 24.3 Å². The van der Waals surface area contributed by atoms with Crippen molar-refractivity contribution in [3.05, 3.63) is 66.2 Å². The minimum Gasteiger partial charge on any atom is -0.497 e. The van der Waals surface area contributed by atoms with Crippen molar-refractivity contribution in [3.8, 4) is 5.75 Å². The molecule has 85 valence electrons. The molecular formula is C15H14NO. The number of benzene rings is 2. The Morgan fingerprint density at radius 1 is 1.00 bits per heavy atom. The van der Waals surface area contributed by atoms with Gasteiger partial charge in [0.05, 0.1) is 13.7 Å². The van der Waals surface area contributed by atoms with Gasteiger partial charge in [-0.25, -0.2) is 0 Å². The lowest BCUT2D eigenvalue weighted by Crippen LogP contribution is -2.12. The van der Waals surface area contributed by atoms with Crippen LogP contribution in [0.25, 0.3) is 0 Å². The third kappa shape index (κ3) is 1.86. The lowest BCUT2D eigenvalue weighted by molar-refractivity contribution is 0.415. The molecule has 1 aliphatic heterocycles. The molecule has 0 aliphatic carbocycles. The normalized spacial score (nSPS) is 13.6. The van der Waals surface area contributed by atoms with E-state index in [0.717, 1.165) is 12.3 Å². The molecule has 0 saturated heterocycles. The highest BCUT2D eigenvalue weighted by molar-refractivity contribution is 5.58. The monoisotopic (exact) mass is 224 g/mol. The molecule has 17 heavy (non-hydrogen) atoms. The number of ether oxygens (including phenoxy) is 1. The number of fused-ring (bicyclic) bond motifs is 1. The zero-order valence-electron chi connectivity index (χ0n) is 9.76. The molecule has 1 heterocycles. The van der Waals surface area contributed by atoms with E-state index in [1.54, 1.807) is 7.11 Å². The fraction of sp³-hybridized carbons (Fsp3) is 0.133. The summed E-state index contributed by atoms with van der Waals surface area (Å²) in [6.07, 6.45) is 0. The van der Waals surface area contributed by atoms with Crippen molar-refractivity contribution >= 4 is 5.69 Å². The Hall–Kier alpha value is -1.96. The molecule has 2 aromatic carbocycles. The van der Waals surface area contributed by atoms with E-state index in [2.05, 4.69) is 47.8 Å². The summed E-state index contributed by atoms with van der Waals surface area (Å²) in [6.45, 7) is 3.14. The maximum absolute atomic E-state index is 5.16. The minimum absolute atomic E-state index is 0.894. The summed E-state index contributed by atoms with van der Waals surface area (Å²) >= 11 is 0. The van der Waals surface area contributed by atoms with E-state index in [1.165, 1.54) is 16.8 Å². The average Bonchev–Trinajstić information content (AvgIpc) is 2.82. The number of methoxy groups -OCH3 is 1. The predicted octanol–water partition coefficient (Wildman–Crippen LogP) is 3.23. The topological polar surface area (TPSA) is 12.5 Å². The Morgan fingerprint density at radius 2 is 1.76 bits per heavy atom. The predicted molar refractivity (Wildman–Crippen MR) is 69.0 cm³/mol. The Bertz CT molecular complexity index is 494. The maximum Gasteiger partial charge on any atom is 0.119 e. The first kappa shape index (κ1) is 10.2. The van der Waals surface area contributed by atoms with Crippen molar-refractivity contribution in [2.24, 2.45) is 0 Å². The first-order chi connectivity index (χ1) is 8.36. The average molecular weight is 224 g/mol. The molecule has 0 fully saturated rings. The Labute approximate surface area is 101 Å². The number of anilines is 1. The highest BCUT2D eigenvalue weighted by Gasteiger charge is 2.18. The van der Waals surface area contributed by atoms with Gasteiger partial charge in [0.15, 0.2) is 0 Å². The molecule has 1 aliphatic rings. The van der Waals surface area contributed by atoms with Gasteiger partial charge in [0.25, 0.3) is 0 Å². The van der Waals surface area contributed by atoms with E-state index in [0.29, 0.717) is 0 Å². The molecule has 1 radical (unpaired) electrons. The molecule has 0 saturated carbocycles. The largest absolute Gasteiger partial charge is 0.497 e. The van der Waals surface area contributed by atoms with E-state index in [1.807, 2.05) is 12.1 Å². The van der Waals surface area contributed by atoms with Crippen molar-refractivity contribution in [1.29, 1.82) is 0 Å². The van der Waals surface area contributed by atoms with Gasteiger partial charge in [-0.3, -0.25) is 0 Å². The molecule has 0 spiro atoms. The molecule has 0 aromatic heterocycles. The van der Waals surface area contributed by atoms with E-state index < -0.39 is 0 Å². The van der Waals surface area contributed by atoms with Crippen LogP contribution in [0.4, 0.5) is 5.69 Å². The smallest absolute Gasteiger partial charge is 0.119 e. The standard InChI is InChI=1S/C15H14NO/c1-17-15-8-6-14(7-9-15)16-10-12-4-2-3-5-13(12)11-16/h2-10H,11H2,1H3. The van der Waals surface area contributed by atoms with E-state index in [-0.39, 0.29) is 0 Å². The third-order valence-electron chi connectivity index (χ3n) is 3.09. The summed E-state index contributed by atoms with van der Waals surface area (Å²) in [5.41, 5.74) is 3.88. The van der Waals surface area contributed by atoms with Gasteiger partial charge in [0.1, 0.15) is 5.75 Å². The molecule has 0 bridgehead atoms. The van der Waals surface area contributed by atoms with Crippen LogP contribution < -0.4 is 9.64 Å². The summed E-state index contributed by atoms with van der Waals surface area (Å²) in [5.74, 6) is 0.894. The fourth-order valence-corrected chi connectivity index (χ4v) is 2.14. The van der Waals surface area contributed by atoms with Crippen LogP contribution in [-0.4, -0.2) is 7.11 Å². The van der Waals surface area contributed by atoms with Crippen LogP contribution in [0.1, 0.15) is 11.1 Å². The third-order valence-corrected chi connectivity index (χ3v) is 3.09. The van der Waals surface area contributed by atoms with Gasteiger partial charge in [0, 0.05) is 12.2 Å². The van der Waals surface area contributed by atoms with Gasteiger partial charge in [0.2, 0.25) is 0 Å². The highest BCUT2D eigenvalue weighted by Crippen LogP contribution is 2.30. The summed E-state index contributed by atoms with van der Waals surface area (Å²) in [6, 6.07) is 16.6. The number of hydrogen-bond donors (Lipinski definition) is 0. The molecule has 0 N–H and O–H groups in total. The first-order valence-corrected chi connectivity index (χ1v) is 5.70.